The number of anilines is 1. The Labute approximate surface area is 203 Å². The maximum atomic E-state index is 13.4. The van der Waals surface area contributed by atoms with Crippen LogP contribution in [0.15, 0.2) is 47.4 Å². The predicted octanol–water partition coefficient (Wildman–Crippen LogP) is 6.28. The number of hydrogen-bond donors (Lipinski definition) is 1. The molecule has 0 bridgehead atoms. The Morgan fingerprint density at radius 3 is 2.62 bits per heavy atom. The summed E-state index contributed by atoms with van der Waals surface area (Å²) in [7, 11) is 0. The number of amides is 2. The molecule has 0 saturated carbocycles. The summed E-state index contributed by atoms with van der Waals surface area (Å²) in [6.45, 7) is 4.10. The van der Waals surface area contributed by atoms with E-state index >= 15 is 0 Å². The number of carbonyl (C=O) groups excluding carboxylic acids is 2. The number of aryl methyl sites for hydroxylation is 1. The van der Waals surface area contributed by atoms with Crippen LogP contribution in [0.25, 0.3) is 10.4 Å². The van der Waals surface area contributed by atoms with Gasteiger partial charge in [0.2, 0.25) is 5.91 Å². The van der Waals surface area contributed by atoms with Crippen molar-refractivity contribution in [3.05, 3.63) is 64.8 Å². The normalized spacial score (nSPS) is 14.3. The number of carbonyl (C=O) groups is 2. The van der Waals surface area contributed by atoms with Crippen molar-refractivity contribution in [2.75, 3.05) is 5.32 Å². The van der Waals surface area contributed by atoms with Crippen LogP contribution in [0.2, 0.25) is 0 Å². The molecule has 1 aliphatic heterocycles. The first-order valence-electron chi connectivity index (χ1n) is 10.5. The summed E-state index contributed by atoms with van der Waals surface area (Å²) < 4.78 is 40.3. The highest BCUT2D eigenvalue weighted by Crippen LogP contribution is 2.42. The summed E-state index contributed by atoms with van der Waals surface area (Å²) in [5.74, 6) is -0.282. The number of hydrogen-bond acceptors (Lipinski definition) is 5. The van der Waals surface area contributed by atoms with Crippen molar-refractivity contribution in [1.82, 2.24) is 9.88 Å². The number of thioether (sulfide) groups is 1. The minimum atomic E-state index is -4.51. The molecule has 0 unspecified atom stereocenters. The Balaban J connectivity index is 1.75. The summed E-state index contributed by atoms with van der Waals surface area (Å²) >= 11 is 2.71. The van der Waals surface area contributed by atoms with E-state index in [0.29, 0.717) is 32.6 Å². The standard InChI is InChI=1S/C24H22F3N3O2S2/c1-13-21(34-23(28-13)29-15(3)31)17-9-18-11-30(14(2)24(25,26)27)22(32)20(18)19(10-17)33-12-16-7-5-4-6-8-16/h4-10,14H,11-12H2,1-3H3,(H,28,29,31)/t14-/m0/s1. The maximum Gasteiger partial charge on any atom is 0.408 e. The van der Waals surface area contributed by atoms with Gasteiger partial charge in [-0.25, -0.2) is 4.98 Å². The average Bonchev–Trinajstić information content (AvgIpc) is 3.30. The van der Waals surface area contributed by atoms with Crippen LogP contribution in [0.3, 0.4) is 0 Å². The maximum absolute atomic E-state index is 13.4. The van der Waals surface area contributed by atoms with Crippen molar-refractivity contribution in [1.29, 1.82) is 0 Å². The van der Waals surface area contributed by atoms with Gasteiger partial charge in [0, 0.05) is 24.1 Å². The number of rotatable bonds is 6. The molecule has 0 aliphatic carbocycles. The molecule has 2 aromatic carbocycles. The van der Waals surface area contributed by atoms with Gasteiger partial charge in [0.15, 0.2) is 5.13 Å². The molecule has 34 heavy (non-hydrogen) atoms. The zero-order valence-electron chi connectivity index (χ0n) is 18.7. The van der Waals surface area contributed by atoms with Gasteiger partial charge in [-0.1, -0.05) is 41.7 Å². The van der Waals surface area contributed by atoms with Gasteiger partial charge in [-0.3, -0.25) is 9.59 Å². The molecule has 1 atom stereocenters. The molecular weight excluding hydrogens is 483 g/mol. The predicted molar refractivity (Wildman–Crippen MR) is 128 cm³/mol. The number of thiazole rings is 1. The second-order valence-corrected chi connectivity index (χ2v) is 10.1. The monoisotopic (exact) mass is 505 g/mol. The summed E-state index contributed by atoms with van der Waals surface area (Å²) in [5.41, 5.74) is 3.38. The lowest BCUT2D eigenvalue weighted by atomic mass is 10.0. The van der Waals surface area contributed by atoms with Crippen LogP contribution in [0, 0.1) is 6.92 Å². The molecule has 4 rings (SSSR count). The second kappa shape index (κ2) is 9.42. The number of alkyl halides is 3. The van der Waals surface area contributed by atoms with E-state index in [1.54, 1.807) is 6.07 Å². The molecule has 5 nitrogen and oxygen atoms in total. The Morgan fingerprint density at radius 2 is 1.97 bits per heavy atom. The first kappa shape index (κ1) is 24.3. The highest BCUT2D eigenvalue weighted by atomic mass is 32.2. The summed E-state index contributed by atoms with van der Waals surface area (Å²) in [6, 6.07) is 11.4. The Hall–Kier alpha value is -2.85. The zero-order valence-corrected chi connectivity index (χ0v) is 20.3. The van der Waals surface area contributed by atoms with Crippen molar-refractivity contribution in [2.24, 2.45) is 0 Å². The van der Waals surface area contributed by atoms with Crippen LogP contribution in [0.5, 0.6) is 0 Å². The van der Waals surface area contributed by atoms with Gasteiger partial charge in [-0.15, -0.1) is 11.8 Å². The largest absolute Gasteiger partial charge is 0.408 e. The van der Waals surface area contributed by atoms with Crippen LogP contribution in [0.1, 0.15) is 41.0 Å². The summed E-state index contributed by atoms with van der Waals surface area (Å²) in [4.78, 5) is 31.2. The molecule has 0 fully saturated rings. The van der Waals surface area contributed by atoms with E-state index in [4.69, 9.17) is 0 Å². The first-order chi connectivity index (χ1) is 16.0. The van der Waals surface area contributed by atoms with Crippen LogP contribution in [-0.4, -0.2) is 33.9 Å². The number of fused-ring (bicyclic) bond motifs is 1. The fourth-order valence-electron chi connectivity index (χ4n) is 3.78. The van der Waals surface area contributed by atoms with E-state index in [9.17, 15) is 22.8 Å². The van der Waals surface area contributed by atoms with Crippen molar-refractivity contribution >= 4 is 40.0 Å². The van der Waals surface area contributed by atoms with Crippen molar-refractivity contribution < 1.29 is 22.8 Å². The van der Waals surface area contributed by atoms with E-state index in [1.807, 2.05) is 43.3 Å². The smallest absolute Gasteiger partial charge is 0.322 e. The number of nitrogens with one attached hydrogen (secondary N) is 1. The molecular formula is C24H22F3N3O2S2. The van der Waals surface area contributed by atoms with Crippen molar-refractivity contribution in [2.45, 2.75) is 50.2 Å². The first-order valence-corrected chi connectivity index (χ1v) is 12.3. The molecule has 2 amide bonds. The second-order valence-electron chi connectivity index (χ2n) is 8.05. The average molecular weight is 506 g/mol. The molecule has 10 heteroatoms. The highest BCUT2D eigenvalue weighted by Gasteiger charge is 2.45. The summed E-state index contributed by atoms with van der Waals surface area (Å²) in [6.07, 6.45) is -4.51. The lowest BCUT2D eigenvalue weighted by Gasteiger charge is -2.26. The minimum absolute atomic E-state index is 0.113. The fourth-order valence-corrected chi connectivity index (χ4v) is 5.87. The van der Waals surface area contributed by atoms with Crippen LogP contribution >= 0.6 is 23.1 Å². The molecule has 3 aromatic rings. The van der Waals surface area contributed by atoms with E-state index in [1.165, 1.54) is 30.0 Å². The molecule has 1 aliphatic rings. The van der Waals surface area contributed by atoms with E-state index < -0.39 is 18.1 Å². The number of halogens is 3. The quantitative estimate of drug-likeness (QED) is 0.401. The van der Waals surface area contributed by atoms with E-state index in [-0.39, 0.29) is 12.5 Å². The van der Waals surface area contributed by atoms with Gasteiger partial charge >= 0.3 is 6.18 Å². The third-order valence-electron chi connectivity index (χ3n) is 5.52. The minimum Gasteiger partial charge on any atom is -0.322 e. The molecule has 0 radical (unpaired) electrons. The van der Waals surface area contributed by atoms with E-state index in [2.05, 4.69) is 10.3 Å². The molecule has 0 spiro atoms. The van der Waals surface area contributed by atoms with Crippen LogP contribution in [0.4, 0.5) is 18.3 Å². The van der Waals surface area contributed by atoms with Crippen molar-refractivity contribution in [3.63, 3.8) is 0 Å². The lowest BCUT2D eigenvalue weighted by molar-refractivity contribution is -0.172. The van der Waals surface area contributed by atoms with Gasteiger partial charge in [0.1, 0.15) is 6.04 Å². The van der Waals surface area contributed by atoms with Gasteiger partial charge in [0.05, 0.1) is 16.1 Å². The number of aromatic nitrogens is 1. The van der Waals surface area contributed by atoms with E-state index in [0.717, 1.165) is 27.8 Å². The molecule has 178 valence electrons. The van der Waals surface area contributed by atoms with Crippen molar-refractivity contribution in [3.8, 4) is 10.4 Å². The van der Waals surface area contributed by atoms with Gasteiger partial charge in [0.25, 0.3) is 5.91 Å². The zero-order chi connectivity index (χ0) is 24.6. The SMILES string of the molecule is CC(=O)Nc1nc(C)c(-c2cc3c(c(SCc4ccccc4)c2)C(=O)N([C@@H](C)C(F)(F)F)C3)s1. The number of benzene rings is 2. The van der Waals surface area contributed by atoms with Gasteiger partial charge in [-0.05, 0) is 42.7 Å². The Bertz CT molecular complexity index is 1240. The van der Waals surface area contributed by atoms with Gasteiger partial charge < -0.3 is 10.2 Å². The lowest BCUT2D eigenvalue weighted by Crippen LogP contribution is -2.43. The number of nitrogens with zero attached hydrogens (tertiary/aromatic N) is 2. The third kappa shape index (κ3) is 4.97. The third-order valence-corrected chi connectivity index (χ3v) is 7.75. The topological polar surface area (TPSA) is 62.3 Å². The van der Waals surface area contributed by atoms with Gasteiger partial charge in [-0.2, -0.15) is 13.2 Å². The highest BCUT2D eigenvalue weighted by molar-refractivity contribution is 7.98. The molecule has 2 heterocycles. The fraction of sp³-hybridized carbons (Fsp3) is 0.292. The Morgan fingerprint density at radius 1 is 1.26 bits per heavy atom. The van der Waals surface area contributed by atoms with Crippen LogP contribution < -0.4 is 5.32 Å². The molecule has 1 aromatic heterocycles. The molecule has 0 saturated heterocycles. The summed E-state index contributed by atoms with van der Waals surface area (Å²) in [5, 5.41) is 3.12. The van der Waals surface area contributed by atoms with Crippen LogP contribution in [-0.2, 0) is 17.1 Å². The Kier molecular flexibility index (Phi) is 6.73. The molecule has 1 N–H and O–H groups in total.